The number of hydrogen-bond donors (Lipinski definition) is 2. The fraction of sp³-hybridized carbons (Fsp3) is 0.353. The lowest BCUT2D eigenvalue weighted by Crippen LogP contribution is -2.15. The molecule has 0 bridgehead atoms. The summed E-state index contributed by atoms with van der Waals surface area (Å²) in [5.74, 6) is 0.155. The SMILES string of the molecule is CC(C)(C)c1csc(C(CN)c2c[nH]c3ccccc23)n1. The topological polar surface area (TPSA) is 54.7 Å². The molecular weight excluding hydrogens is 278 g/mol. The van der Waals surface area contributed by atoms with Crippen LogP contribution in [0.1, 0.15) is 43.0 Å². The third-order valence-corrected chi connectivity index (χ3v) is 4.78. The monoisotopic (exact) mass is 299 g/mol. The Labute approximate surface area is 129 Å². The number of nitrogens with one attached hydrogen (secondary N) is 1. The van der Waals surface area contributed by atoms with Crippen LogP contribution in [0.3, 0.4) is 0 Å². The van der Waals surface area contributed by atoms with Gasteiger partial charge in [0.25, 0.3) is 0 Å². The van der Waals surface area contributed by atoms with Crippen LogP contribution in [-0.2, 0) is 5.41 Å². The number of nitrogens with zero attached hydrogens (tertiary/aromatic N) is 1. The van der Waals surface area contributed by atoms with Gasteiger partial charge in [-0.05, 0) is 11.6 Å². The molecule has 1 aromatic carbocycles. The van der Waals surface area contributed by atoms with E-state index in [1.165, 1.54) is 10.9 Å². The van der Waals surface area contributed by atoms with Crippen LogP contribution in [0, 0.1) is 0 Å². The standard InChI is InChI=1S/C17H21N3S/c1-17(2,3)15-10-21-16(20-15)12(8-18)13-9-19-14-7-5-4-6-11(13)14/h4-7,9-10,12,19H,8,18H2,1-3H3. The van der Waals surface area contributed by atoms with Crippen molar-refractivity contribution in [1.82, 2.24) is 9.97 Å². The van der Waals surface area contributed by atoms with Gasteiger partial charge in [-0.3, -0.25) is 0 Å². The Morgan fingerprint density at radius 3 is 2.71 bits per heavy atom. The van der Waals surface area contributed by atoms with Crippen molar-refractivity contribution in [3.8, 4) is 0 Å². The molecule has 0 spiro atoms. The molecule has 0 aliphatic heterocycles. The summed E-state index contributed by atoms with van der Waals surface area (Å²) >= 11 is 1.71. The maximum absolute atomic E-state index is 6.06. The van der Waals surface area contributed by atoms with E-state index in [1.54, 1.807) is 11.3 Å². The van der Waals surface area contributed by atoms with Gasteiger partial charge in [-0.2, -0.15) is 0 Å². The van der Waals surface area contributed by atoms with Gasteiger partial charge in [-0.25, -0.2) is 4.98 Å². The van der Waals surface area contributed by atoms with E-state index in [1.807, 2.05) is 6.07 Å². The van der Waals surface area contributed by atoms with E-state index in [0.29, 0.717) is 6.54 Å². The Morgan fingerprint density at radius 1 is 1.29 bits per heavy atom. The molecule has 0 aliphatic carbocycles. The van der Waals surface area contributed by atoms with Gasteiger partial charge >= 0.3 is 0 Å². The van der Waals surface area contributed by atoms with E-state index in [0.717, 1.165) is 16.2 Å². The van der Waals surface area contributed by atoms with Gasteiger partial charge in [-0.1, -0.05) is 39.0 Å². The third-order valence-electron chi connectivity index (χ3n) is 3.82. The Hall–Kier alpha value is -1.65. The highest BCUT2D eigenvalue weighted by molar-refractivity contribution is 7.09. The maximum atomic E-state index is 6.06. The van der Waals surface area contributed by atoms with Gasteiger partial charge in [0.15, 0.2) is 0 Å². The van der Waals surface area contributed by atoms with Crippen LogP contribution < -0.4 is 5.73 Å². The first kappa shape index (κ1) is 14.3. The second-order valence-corrected chi connectivity index (χ2v) is 7.29. The van der Waals surface area contributed by atoms with Gasteiger partial charge in [-0.15, -0.1) is 11.3 Å². The van der Waals surface area contributed by atoms with Crippen LogP contribution in [0.25, 0.3) is 10.9 Å². The molecule has 0 fully saturated rings. The van der Waals surface area contributed by atoms with E-state index in [-0.39, 0.29) is 11.3 Å². The van der Waals surface area contributed by atoms with Crippen molar-refractivity contribution in [2.75, 3.05) is 6.54 Å². The fourth-order valence-electron chi connectivity index (χ4n) is 2.54. The highest BCUT2D eigenvalue weighted by Crippen LogP contribution is 2.34. The lowest BCUT2D eigenvalue weighted by atomic mass is 9.93. The quantitative estimate of drug-likeness (QED) is 0.767. The van der Waals surface area contributed by atoms with Gasteiger partial charge < -0.3 is 10.7 Å². The van der Waals surface area contributed by atoms with E-state index >= 15 is 0 Å². The Balaban J connectivity index is 2.04. The minimum absolute atomic E-state index is 0.0775. The lowest BCUT2D eigenvalue weighted by molar-refractivity contribution is 0.569. The van der Waals surface area contributed by atoms with Crippen molar-refractivity contribution in [3.05, 3.63) is 52.1 Å². The predicted octanol–water partition coefficient (Wildman–Crippen LogP) is 4.01. The molecule has 3 rings (SSSR count). The number of H-pyrrole nitrogens is 1. The summed E-state index contributed by atoms with van der Waals surface area (Å²) < 4.78 is 0. The molecule has 1 atom stereocenters. The summed E-state index contributed by atoms with van der Waals surface area (Å²) in [6, 6.07) is 8.34. The summed E-state index contributed by atoms with van der Waals surface area (Å²) in [5, 5.41) is 4.50. The molecule has 110 valence electrons. The van der Waals surface area contributed by atoms with Gasteiger partial charge in [0.1, 0.15) is 5.01 Å². The average Bonchev–Trinajstić information content (AvgIpc) is 3.07. The van der Waals surface area contributed by atoms with Crippen LogP contribution >= 0.6 is 11.3 Å². The molecule has 0 amide bonds. The largest absolute Gasteiger partial charge is 0.361 e. The van der Waals surface area contributed by atoms with E-state index in [2.05, 4.69) is 55.5 Å². The molecule has 3 N–H and O–H groups in total. The van der Waals surface area contributed by atoms with E-state index in [9.17, 15) is 0 Å². The minimum Gasteiger partial charge on any atom is -0.361 e. The van der Waals surface area contributed by atoms with Crippen molar-refractivity contribution >= 4 is 22.2 Å². The van der Waals surface area contributed by atoms with Crippen LogP contribution in [0.2, 0.25) is 0 Å². The van der Waals surface area contributed by atoms with Crippen LogP contribution in [0.15, 0.2) is 35.8 Å². The molecule has 21 heavy (non-hydrogen) atoms. The van der Waals surface area contributed by atoms with E-state index < -0.39 is 0 Å². The summed E-state index contributed by atoms with van der Waals surface area (Å²) in [6.45, 7) is 7.14. The zero-order valence-electron chi connectivity index (χ0n) is 12.7. The van der Waals surface area contributed by atoms with Crippen molar-refractivity contribution in [1.29, 1.82) is 0 Å². The number of benzene rings is 1. The number of aromatic amines is 1. The maximum Gasteiger partial charge on any atom is 0.102 e. The minimum atomic E-state index is 0.0775. The normalized spacial score (nSPS) is 13.7. The Bertz CT molecular complexity index is 749. The first-order chi connectivity index (χ1) is 10.0. The predicted molar refractivity (Wildman–Crippen MR) is 90.0 cm³/mol. The number of rotatable bonds is 3. The molecule has 1 unspecified atom stereocenters. The second-order valence-electron chi connectivity index (χ2n) is 6.40. The number of nitrogens with two attached hydrogens (primary N) is 1. The zero-order chi connectivity index (χ0) is 15.0. The highest BCUT2D eigenvalue weighted by atomic mass is 32.1. The van der Waals surface area contributed by atoms with E-state index in [4.69, 9.17) is 10.7 Å². The molecule has 3 nitrogen and oxygen atoms in total. The number of para-hydroxylation sites is 1. The lowest BCUT2D eigenvalue weighted by Gasteiger charge is -2.15. The highest BCUT2D eigenvalue weighted by Gasteiger charge is 2.23. The third kappa shape index (κ3) is 2.61. The second kappa shape index (κ2) is 5.28. The molecule has 3 aromatic rings. The van der Waals surface area contributed by atoms with Crippen molar-refractivity contribution in [3.63, 3.8) is 0 Å². The van der Waals surface area contributed by atoms with Crippen molar-refractivity contribution in [2.45, 2.75) is 32.1 Å². The van der Waals surface area contributed by atoms with Crippen LogP contribution in [0.4, 0.5) is 0 Å². The molecule has 0 radical (unpaired) electrons. The van der Waals surface area contributed by atoms with Crippen LogP contribution in [0.5, 0.6) is 0 Å². The van der Waals surface area contributed by atoms with Crippen molar-refractivity contribution in [2.24, 2.45) is 5.73 Å². The summed E-state index contributed by atoms with van der Waals surface area (Å²) in [5.41, 5.74) is 9.67. The number of thiazole rings is 1. The first-order valence-corrected chi connectivity index (χ1v) is 8.10. The van der Waals surface area contributed by atoms with Gasteiger partial charge in [0.05, 0.1) is 11.6 Å². The van der Waals surface area contributed by atoms with Gasteiger partial charge in [0, 0.05) is 34.4 Å². The van der Waals surface area contributed by atoms with Crippen LogP contribution in [-0.4, -0.2) is 16.5 Å². The zero-order valence-corrected chi connectivity index (χ0v) is 13.5. The molecule has 0 aliphatic rings. The summed E-state index contributed by atoms with van der Waals surface area (Å²) in [4.78, 5) is 8.17. The molecule has 2 aromatic heterocycles. The Morgan fingerprint density at radius 2 is 2.05 bits per heavy atom. The first-order valence-electron chi connectivity index (χ1n) is 7.22. The van der Waals surface area contributed by atoms with Crippen molar-refractivity contribution < 1.29 is 0 Å². The molecule has 0 saturated heterocycles. The van der Waals surface area contributed by atoms with Gasteiger partial charge in [0.2, 0.25) is 0 Å². The summed E-state index contributed by atoms with van der Waals surface area (Å²) in [7, 11) is 0. The molecular formula is C17H21N3S. The fourth-order valence-corrected chi connectivity index (χ4v) is 3.71. The number of hydrogen-bond acceptors (Lipinski definition) is 3. The Kier molecular flexibility index (Phi) is 3.59. The smallest absolute Gasteiger partial charge is 0.102 e. The number of fused-ring (bicyclic) bond motifs is 1. The molecule has 0 saturated carbocycles. The average molecular weight is 299 g/mol. The molecule has 2 heterocycles. The summed E-state index contributed by atoms with van der Waals surface area (Å²) in [6.07, 6.45) is 2.07. The molecule has 4 heteroatoms. The number of aromatic nitrogens is 2.